The van der Waals surface area contributed by atoms with Gasteiger partial charge < -0.3 is 4.74 Å². The van der Waals surface area contributed by atoms with Gasteiger partial charge in [0.25, 0.3) is 0 Å². The molecule has 0 N–H and O–H groups in total. The quantitative estimate of drug-likeness (QED) is 0.257. The molecule has 0 spiro atoms. The van der Waals surface area contributed by atoms with Crippen molar-refractivity contribution in [2.75, 3.05) is 7.11 Å². The van der Waals surface area contributed by atoms with Crippen molar-refractivity contribution < 1.29 is 14.3 Å². The first kappa shape index (κ1) is 30.7. The summed E-state index contributed by atoms with van der Waals surface area (Å²) in [4.78, 5) is 25.2. The fourth-order valence-electron chi connectivity index (χ4n) is 13.3. The third kappa shape index (κ3) is 3.96. The molecule has 5 fully saturated rings. The molecule has 0 amide bonds. The summed E-state index contributed by atoms with van der Waals surface area (Å²) < 4.78 is 4.95. The summed E-state index contributed by atoms with van der Waals surface area (Å²) in [5.41, 5.74) is 2.76. The minimum Gasteiger partial charge on any atom is -0.465 e. The molecular formula is C38H55ClO3. The number of methoxy groups -OCH3 is 1. The van der Waals surface area contributed by atoms with Crippen LogP contribution in [0.3, 0.4) is 0 Å². The molecule has 0 radical (unpaired) electrons. The zero-order valence-electron chi connectivity index (χ0n) is 27.5. The lowest BCUT2D eigenvalue weighted by atomic mass is 9.31. The second kappa shape index (κ2) is 10.1. The molecule has 0 aliphatic heterocycles. The van der Waals surface area contributed by atoms with Crippen molar-refractivity contribution in [1.82, 2.24) is 0 Å². The van der Waals surface area contributed by atoms with Crippen LogP contribution in [0.4, 0.5) is 0 Å². The molecule has 232 valence electrons. The summed E-state index contributed by atoms with van der Waals surface area (Å²) in [6.45, 7) is 17.9. The van der Waals surface area contributed by atoms with Crippen LogP contribution in [0, 0.1) is 62.6 Å². The fourth-order valence-corrected chi connectivity index (χ4v) is 13.6. The number of carbonyl (C=O) groups excluding carboxylic acids is 2. The normalized spacial score (nSPS) is 45.8. The predicted octanol–water partition coefficient (Wildman–Crippen LogP) is 10.1. The van der Waals surface area contributed by atoms with Crippen LogP contribution in [0.2, 0.25) is 0 Å². The molecule has 6 rings (SSSR count). The van der Waals surface area contributed by atoms with Crippen molar-refractivity contribution in [3.8, 4) is 0 Å². The molecule has 5 aliphatic rings. The Morgan fingerprint density at radius 2 is 1.50 bits per heavy atom. The van der Waals surface area contributed by atoms with Crippen molar-refractivity contribution in [2.45, 2.75) is 119 Å². The van der Waals surface area contributed by atoms with E-state index in [2.05, 4.69) is 60.6 Å². The van der Waals surface area contributed by atoms with Crippen molar-refractivity contribution in [3.05, 3.63) is 35.4 Å². The largest absolute Gasteiger partial charge is 0.465 e. The highest BCUT2D eigenvalue weighted by molar-refractivity contribution is 6.64. The first-order chi connectivity index (χ1) is 19.7. The van der Waals surface area contributed by atoms with Crippen LogP contribution < -0.4 is 0 Å². The Bertz CT molecular complexity index is 1240. The van der Waals surface area contributed by atoms with Crippen LogP contribution in [-0.4, -0.2) is 18.3 Å². The van der Waals surface area contributed by atoms with E-state index in [1.54, 1.807) is 0 Å². The van der Waals surface area contributed by atoms with E-state index in [4.69, 9.17) is 16.3 Å². The van der Waals surface area contributed by atoms with E-state index >= 15 is 0 Å². The van der Waals surface area contributed by atoms with Gasteiger partial charge in [0.05, 0.1) is 12.7 Å². The number of carbonyl (C=O) groups is 2. The molecule has 0 bridgehead atoms. The second-order valence-corrected chi connectivity index (χ2v) is 17.4. The van der Waals surface area contributed by atoms with Crippen molar-refractivity contribution in [3.63, 3.8) is 0 Å². The van der Waals surface area contributed by atoms with E-state index in [1.165, 1.54) is 57.6 Å². The van der Waals surface area contributed by atoms with Gasteiger partial charge in [0, 0.05) is 5.41 Å². The molecule has 0 unspecified atom stereocenters. The standard InChI is InChI=1S/C38H55ClO3/c1-23(2)26-15-20-38(33(39)41)22-21-36(6)28(31(26)38)13-14-30-35(5)18-16-27(24-9-11-25(12-10-24)32(40)42-8)34(3,4)29(35)17-19-37(30,36)7/h9-12,23,26-31H,13-22H2,1-8H3/t26-,27+,28+,29-,30+,31+,35-,36+,37+,38-/m0/s1. The summed E-state index contributed by atoms with van der Waals surface area (Å²) in [5, 5.41) is -0.0275. The Kier molecular flexibility index (Phi) is 7.36. The van der Waals surface area contributed by atoms with Crippen LogP contribution in [0.25, 0.3) is 0 Å². The zero-order valence-corrected chi connectivity index (χ0v) is 28.3. The lowest BCUT2D eigenvalue weighted by molar-refractivity contribution is -0.238. The molecule has 1 aromatic carbocycles. The van der Waals surface area contributed by atoms with Crippen LogP contribution in [0.15, 0.2) is 24.3 Å². The zero-order chi connectivity index (χ0) is 30.5. The maximum Gasteiger partial charge on any atom is 0.337 e. The molecule has 5 aliphatic carbocycles. The number of rotatable bonds is 4. The third-order valence-corrected chi connectivity index (χ3v) is 15.9. The molecule has 10 atom stereocenters. The second-order valence-electron chi connectivity index (χ2n) is 17.1. The number of benzene rings is 1. The molecular weight excluding hydrogens is 540 g/mol. The molecule has 1 aromatic rings. The SMILES string of the molecule is COC(=O)c1ccc([C@H]2CC[C@]3(C)[C@H]4CC[C@@H]5[C@H]6[C@H](C(C)C)CC[C@]6(C(=O)Cl)CC[C@@]5(C)[C@]4(C)CC[C@H]3C2(C)C)cc1. The average Bonchev–Trinajstić information content (AvgIpc) is 3.34. The van der Waals surface area contributed by atoms with E-state index < -0.39 is 0 Å². The molecule has 3 nitrogen and oxygen atoms in total. The van der Waals surface area contributed by atoms with Crippen molar-refractivity contribution in [1.29, 1.82) is 0 Å². The van der Waals surface area contributed by atoms with Gasteiger partial charge in [-0.2, -0.15) is 0 Å². The predicted molar refractivity (Wildman–Crippen MR) is 170 cm³/mol. The molecule has 0 heterocycles. The van der Waals surface area contributed by atoms with Crippen molar-refractivity contribution in [2.24, 2.45) is 62.6 Å². The highest BCUT2D eigenvalue weighted by atomic mass is 35.5. The van der Waals surface area contributed by atoms with Gasteiger partial charge in [-0.3, -0.25) is 4.79 Å². The first-order valence-corrected chi connectivity index (χ1v) is 17.4. The highest BCUT2D eigenvalue weighted by Gasteiger charge is 2.71. The molecule has 0 aromatic heterocycles. The molecule has 5 saturated carbocycles. The van der Waals surface area contributed by atoms with Crippen LogP contribution in [-0.2, 0) is 9.53 Å². The van der Waals surface area contributed by atoms with E-state index in [0.717, 1.165) is 19.3 Å². The fraction of sp³-hybridized carbons (Fsp3) is 0.789. The van der Waals surface area contributed by atoms with Gasteiger partial charge in [-0.1, -0.05) is 60.6 Å². The van der Waals surface area contributed by atoms with Gasteiger partial charge in [0.2, 0.25) is 5.24 Å². The summed E-state index contributed by atoms with van der Waals surface area (Å²) in [6, 6.07) is 8.26. The Morgan fingerprint density at radius 3 is 2.12 bits per heavy atom. The molecule has 42 heavy (non-hydrogen) atoms. The maximum absolute atomic E-state index is 13.2. The van der Waals surface area contributed by atoms with Crippen LogP contribution in [0.1, 0.15) is 135 Å². The number of hydrogen-bond acceptors (Lipinski definition) is 3. The maximum atomic E-state index is 13.2. The van der Waals surface area contributed by atoms with E-state index in [-0.39, 0.29) is 32.9 Å². The summed E-state index contributed by atoms with van der Waals surface area (Å²) in [5.74, 6) is 3.88. The van der Waals surface area contributed by atoms with E-state index in [1.807, 2.05) is 12.1 Å². The Balaban J connectivity index is 1.32. The lowest BCUT2D eigenvalue weighted by Crippen LogP contribution is -2.66. The first-order valence-electron chi connectivity index (χ1n) is 17.1. The summed E-state index contributed by atoms with van der Waals surface area (Å²) >= 11 is 6.55. The van der Waals surface area contributed by atoms with E-state index in [0.29, 0.717) is 52.4 Å². The highest BCUT2D eigenvalue weighted by Crippen LogP contribution is 2.78. The smallest absolute Gasteiger partial charge is 0.337 e. The monoisotopic (exact) mass is 594 g/mol. The summed E-state index contributed by atoms with van der Waals surface area (Å²) in [6.07, 6.45) is 11.9. The average molecular weight is 595 g/mol. The Morgan fingerprint density at radius 1 is 0.810 bits per heavy atom. The minimum absolute atomic E-state index is 0.0275. The number of halogens is 1. The number of fused-ring (bicyclic) bond motifs is 7. The van der Waals surface area contributed by atoms with E-state index in [9.17, 15) is 9.59 Å². The molecule has 0 saturated heterocycles. The van der Waals surface area contributed by atoms with Crippen LogP contribution in [0.5, 0.6) is 0 Å². The van der Waals surface area contributed by atoms with Gasteiger partial charge in [0.1, 0.15) is 0 Å². The minimum atomic E-state index is -0.283. The van der Waals surface area contributed by atoms with Gasteiger partial charge in [-0.05, 0) is 157 Å². The Hall–Kier alpha value is -1.35. The summed E-state index contributed by atoms with van der Waals surface area (Å²) in [7, 11) is 1.45. The van der Waals surface area contributed by atoms with Gasteiger partial charge in [-0.15, -0.1) is 0 Å². The van der Waals surface area contributed by atoms with Crippen molar-refractivity contribution >= 4 is 22.8 Å². The number of ether oxygens (including phenoxy) is 1. The number of esters is 1. The Labute approximate surface area is 260 Å². The van der Waals surface area contributed by atoms with Gasteiger partial charge in [0.15, 0.2) is 0 Å². The van der Waals surface area contributed by atoms with Crippen LogP contribution >= 0.6 is 11.6 Å². The third-order valence-electron chi connectivity index (χ3n) is 15.5. The topological polar surface area (TPSA) is 43.4 Å². The lowest BCUT2D eigenvalue weighted by Gasteiger charge is -2.73. The number of hydrogen-bond donors (Lipinski definition) is 0. The molecule has 4 heteroatoms. The van der Waals surface area contributed by atoms with Gasteiger partial charge in [-0.25, -0.2) is 4.79 Å². The van der Waals surface area contributed by atoms with Gasteiger partial charge >= 0.3 is 5.97 Å².